The number of hydrogen-bond acceptors (Lipinski definition) is 4. The topological polar surface area (TPSA) is 81.3 Å². The van der Waals surface area contributed by atoms with Crippen molar-refractivity contribution in [3.63, 3.8) is 0 Å². The fourth-order valence-electron chi connectivity index (χ4n) is 3.39. The van der Waals surface area contributed by atoms with Crippen LogP contribution in [0.3, 0.4) is 0 Å². The Kier molecular flexibility index (Phi) is 4.09. The second kappa shape index (κ2) is 6.07. The van der Waals surface area contributed by atoms with Gasteiger partial charge in [-0.2, -0.15) is 5.10 Å². The van der Waals surface area contributed by atoms with Crippen molar-refractivity contribution in [3.05, 3.63) is 51.3 Å². The van der Waals surface area contributed by atoms with Crippen LogP contribution >= 0.6 is 0 Å². The van der Waals surface area contributed by atoms with Crippen LogP contribution in [0.5, 0.6) is 0 Å². The zero-order valence-electron chi connectivity index (χ0n) is 14.0. The van der Waals surface area contributed by atoms with E-state index in [9.17, 15) is 14.9 Å². The zero-order valence-corrected chi connectivity index (χ0v) is 14.0. The van der Waals surface area contributed by atoms with E-state index in [2.05, 4.69) is 5.10 Å². The lowest BCUT2D eigenvalue weighted by molar-refractivity contribution is -0.386. The van der Waals surface area contributed by atoms with Crippen LogP contribution in [0.15, 0.2) is 24.3 Å². The van der Waals surface area contributed by atoms with Crippen LogP contribution in [-0.4, -0.2) is 27.2 Å². The number of para-hydroxylation sites is 1. The van der Waals surface area contributed by atoms with Crippen molar-refractivity contribution < 1.29 is 9.72 Å². The van der Waals surface area contributed by atoms with Gasteiger partial charge >= 0.3 is 5.69 Å². The zero-order chi connectivity index (χ0) is 17.4. The number of aryl methyl sites for hydroxylation is 2. The van der Waals surface area contributed by atoms with Crippen LogP contribution < -0.4 is 4.90 Å². The molecule has 0 saturated carbocycles. The lowest BCUT2D eigenvalue weighted by Gasteiger charge is -2.31. The van der Waals surface area contributed by atoms with Gasteiger partial charge in [0.1, 0.15) is 17.4 Å². The summed E-state index contributed by atoms with van der Waals surface area (Å²) in [5.74, 6) is -0.0948. The van der Waals surface area contributed by atoms with Crippen molar-refractivity contribution in [2.75, 3.05) is 11.4 Å². The lowest BCUT2D eigenvalue weighted by Crippen LogP contribution is -2.40. The highest BCUT2D eigenvalue weighted by Gasteiger charge is 2.31. The van der Waals surface area contributed by atoms with Gasteiger partial charge in [-0.1, -0.05) is 18.2 Å². The summed E-state index contributed by atoms with van der Waals surface area (Å²) >= 11 is 0. The number of rotatable bonds is 3. The number of carbonyl (C=O) groups excluding carboxylic acids is 1. The molecule has 0 radical (unpaired) electrons. The van der Waals surface area contributed by atoms with Crippen LogP contribution in [-0.2, 0) is 11.2 Å². The molecule has 0 aliphatic carbocycles. The molecule has 0 spiro atoms. The summed E-state index contributed by atoms with van der Waals surface area (Å²) in [7, 11) is 0. The second-order valence-electron chi connectivity index (χ2n) is 6.12. The molecule has 7 heteroatoms. The molecule has 1 aliphatic rings. The number of amides is 1. The summed E-state index contributed by atoms with van der Waals surface area (Å²) in [4.78, 5) is 25.5. The van der Waals surface area contributed by atoms with Crippen molar-refractivity contribution in [2.24, 2.45) is 0 Å². The number of carbonyl (C=O) groups is 1. The summed E-state index contributed by atoms with van der Waals surface area (Å²) in [5.41, 5.74) is 2.80. The maximum atomic E-state index is 13.0. The van der Waals surface area contributed by atoms with Gasteiger partial charge in [0, 0.05) is 12.2 Å². The Morgan fingerprint density at radius 3 is 2.71 bits per heavy atom. The SMILES string of the molecule is Cc1nn([C@@H](C)C(=O)N2CCCc3ccccc32)c(C)c1[N+](=O)[O-]. The molecule has 0 saturated heterocycles. The molecule has 1 aromatic carbocycles. The van der Waals surface area contributed by atoms with E-state index < -0.39 is 11.0 Å². The number of nitro groups is 1. The average molecular weight is 328 g/mol. The highest BCUT2D eigenvalue weighted by Crippen LogP contribution is 2.30. The van der Waals surface area contributed by atoms with Crippen LogP contribution in [0.2, 0.25) is 0 Å². The summed E-state index contributed by atoms with van der Waals surface area (Å²) in [6, 6.07) is 7.28. The van der Waals surface area contributed by atoms with Crippen molar-refractivity contribution in [1.82, 2.24) is 9.78 Å². The molecule has 0 N–H and O–H groups in total. The average Bonchev–Trinajstić information content (AvgIpc) is 2.87. The van der Waals surface area contributed by atoms with Gasteiger partial charge in [-0.3, -0.25) is 19.6 Å². The van der Waals surface area contributed by atoms with Gasteiger partial charge in [-0.05, 0) is 45.2 Å². The smallest absolute Gasteiger partial charge is 0.310 e. The molecule has 2 heterocycles. The summed E-state index contributed by atoms with van der Waals surface area (Å²) in [5, 5.41) is 15.4. The van der Waals surface area contributed by atoms with E-state index in [-0.39, 0.29) is 11.6 Å². The molecule has 0 unspecified atom stereocenters. The third-order valence-corrected chi connectivity index (χ3v) is 4.57. The number of benzene rings is 1. The standard InChI is InChI=1S/C17H20N4O3/c1-11-16(21(23)24)12(2)20(18-11)13(3)17(22)19-10-6-8-14-7-4-5-9-15(14)19/h4-5,7,9,13H,6,8,10H2,1-3H3/t13-/m0/s1. The number of hydrogen-bond donors (Lipinski definition) is 0. The Hall–Kier alpha value is -2.70. The molecule has 0 bridgehead atoms. The summed E-state index contributed by atoms with van der Waals surface area (Å²) in [6.45, 7) is 5.62. The predicted octanol–water partition coefficient (Wildman–Crippen LogP) is 2.95. The van der Waals surface area contributed by atoms with E-state index in [4.69, 9.17) is 0 Å². The summed E-state index contributed by atoms with van der Waals surface area (Å²) in [6.07, 6.45) is 1.87. The molecule has 3 rings (SSSR count). The highest BCUT2D eigenvalue weighted by atomic mass is 16.6. The number of anilines is 1. The molecule has 126 valence electrons. The minimum atomic E-state index is -0.594. The highest BCUT2D eigenvalue weighted by molar-refractivity contribution is 5.97. The first-order valence-electron chi connectivity index (χ1n) is 8.01. The van der Waals surface area contributed by atoms with E-state index in [0.717, 1.165) is 24.1 Å². The Balaban J connectivity index is 1.95. The van der Waals surface area contributed by atoms with Crippen LogP contribution in [0, 0.1) is 24.0 Å². The third-order valence-electron chi connectivity index (χ3n) is 4.57. The summed E-state index contributed by atoms with van der Waals surface area (Å²) < 4.78 is 1.47. The van der Waals surface area contributed by atoms with Gasteiger partial charge in [-0.15, -0.1) is 0 Å². The Morgan fingerprint density at radius 1 is 1.33 bits per heavy atom. The lowest BCUT2D eigenvalue weighted by atomic mass is 10.0. The monoisotopic (exact) mass is 328 g/mol. The molecule has 2 aromatic rings. The minimum Gasteiger partial charge on any atom is -0.310 e. The van der Waals surface area contributed by atoms with Crippen molar-refractivity contribution in [2.45, 2.75) is 39.7 Å². The molecule has 1 aliphatic heterocycles. The van der Waals surface area contributed by atoms with Crippen LogP contribution in [0.25, 0.3) is 0 Å². The van der Waals surface area contributed by atoms with Crippen molar-refractivity contribution >= 4 is 17.3 Å². The van der Waals surface area contributed by atoms with E-state index in [1.165, 1.54) is 4.68 Å². The third kappa shape index (κ3) is 2.55. The first-order valence-corrected chi connectivity index (χ1v) is 8.01. The fraction of sp³-hybridized carbons (Fsp3) is 0.412. The van der Waals surface area contributed by atoms with E-state index in [1.807, 2.05) is 24.3 Å². The minimum absolute atomic E-state index is 0.0197. The maximum Gasteiger partial charge on any atom is 0.312 e. The van der Waals surface area contributed by atoms with Crippen LogP contribution in [0.1, 0.15) is 36.3 Å². The van der Waals surface area contributed by atoms with Crippen molar-refractivity contribution in [1.29, 1.82) is 0 Å². The molecule has 1 aromatic heterocycles. The molecule has 24 heavy (non-hydrogen) atoms. The van der Waals surface area contributed by atoms with E-state index in [0.29, 0.717) is 17.9 Å². The van der Waals surface area contributed by atoms with Gasteiger partial charge in [0.2, 0.25) is 0 Å². The first kappa shape index (κ1) is 16.2. The largest absolute Gasteiger partial charge is 0.312 e. The molecule has 1 atom stereocenters. The van der Waals surface area contributed by atoms with Gasteiger partial charge < -0.3 is 4.90 Å². The maximum absolute atomic E-state index is 13.0. The van der Waals surface area contributed by atoms with E-state index >= 15 is 0 Å². The Morgan fingerprint density at radius 2 is 2.04 bits per heavy atom. The van der Waals surface area contributed by atoms with Gasteiger partial charge in [0.15, 0.2) is 0 Å². The van der Waals surface area contributed by atoms with E-state index in [1.54, 1.807) is 25.7 Å². The number of fused-ring (bicyclic) bond motifs is 1. The van der Waals surface area contributed by atoms with Gasteiger partial charge in [-0.25, -0.2) is 0 Å². The van der Waals surface area contributed by atoms with Crippen molar-refractivity contribution in [3.8, 4) is 0 Å². The number of aromatic nitrogens is 2. The molecular formula is C17H20N4O3. The Bertz CT molecular complexity index is 812. The molecule has 7 nitrogen and oxygen atoms in total. The molecular weight excluding hydrogens is 308 g/mol. The second-order valence-corrected chi connectivity index (χ2v) is 6.12. The Labute approximate surface area is 140 Å². The molecule has 1 amide bonds. The quantitative estimate of drug-likeness (QED) is 0.641. The van der Waals surface area contributed by atoms with Gasteiger partial charge in [0.25, 0.3) is 5.91 Å². The predicted molar refractivity (Wildman–Crippen MR) is 90.2 cm³/mol. The van der Waals surface area contributed by atoms with Crippen LogP contribution in [0.4, 0.5) is 11.4 Å². The first-order chi connectivity index (χ1) is 11.4. The molecule has 0 fully saturated rings. The normalized spacial score (nSPS) is 15.0. The number of nitrogens with zero attached hydrogens (tertiary/aromatic N) is 4. The van der Waals surface area contributed by atoms with Gasteiger partial charge in [0.05, 0.1) is 4.92 Å². The fourth-order valence-corrected chi connectivity index (χ4v) is 3.39.